The maximum Gasteiger partial charge on any atom is 0.246 e. The lowest BCUT2D eigenvalue weighted by molar-refractivity contribution is -0.144. The maximum atomic E-state index is 14.2. The third kappa shape index (κ3) is 20.4. The van der Waals surface area contributed by atoms with E-state index in [1.54, 1.807) is 23.8 Å². The first kappa shape index (κ1) is 63.7. The largest absolute Gasteiger partial charge is 0.347 e. The van der Waals surface area contributed by atoms with Crippen molar-refractivity contribution in [1.82, 2.24) is 40.9 Å². The molecule has 6 atom stereocenters. The smallest absolute Gasteiger partial charge is 0.246 e. The van der Waals surface area contributed by atoms with Gasteiger partial charge in [-0.15, -0.1) is 0 Å². The molecule has 0 bridgehead atoms. The summed E-state index contributed by atoms with van der Waals surface area (Å²) in [6.07, 6.45) is 5.97. The van der Waals surface area contributed by atoms with Crippen LogP contribution in [0.2, 0.25) is 0 Å². The summed E-state index contributed by atoms with van der Waals surface area (Å²) in [5.74, 6) is -2.30. The first-order valence-corrected chi connectivity index (χ1v) is 27.3. The van der Waals surface area contributed by atoms with E-state index in [0.29, 0.717) is 77.8 Å². The molecule has 75 heavy (non-hydrogen) atoms. The number of hydrogen-bond donors (Lipinski definition) is 4. The lowest BCUT2D eigenvalue weighted by Gasteiger charge is -2.37. The minimum Gasteiger partial charge on any atom is -0.347 e. The van der Waals surface area contributed by atoms with Gasteiger partial charge >= 0.3 is 0 Å². The van der Waals surface area contributed by atoms with Crippen molar-refractivity contribution in [2.45, 2.75) is 171 Å². The molecular weight excluding hydrogens is 949 g/mol. The molecule has 0 aromatic heterocycles. The van der Waals surface area contributed by atoms with Crippen molar-refractivity contribution >= 4 is 47.1 Å². The number of carbonyl (C=O) groups excluding carboxylic acids is 8. The van der Waals surface area contributed by atoms with Crippen molar-refractivity contribution in [1.29, 1.82) is 0 Å². The zero-order valence-electron chi connectivity index (χ0n) is 46.4. The highest BCUT2D eigenvalue weighted by Crippen LogP contribution is 2.34. The molecule has 2 aromatic rings. The Morgan fingerprint density at radius 2 is 1.09 bits per heavy atom. The number of ketones is 1. The van der Waals surface area contributed by atoms with E-state index in [4.69, 9.17) is 0 Å². The van der Waals surface area contributed by atoms with Gasteiger partial charge in [0, 0.05) is 82.5 Å². The molecular formula is C59H94N8O8. The lowest BCUT2D eigenvalue weighted by atomic mass is 9.76. The number of amides is 7. The Morgan fingerprint density at radius 1 is 0.653 bits per heavy atom. The van der Waals surface area contributed by atoms with Crippen LogP contribution in [0.5, 0.6) is 0 Å². The van der Waals surface area contributed by atoms with Gasteiger partial charge in [-0.25, -0.2) is 0 Å². The van der Waals surface area contributed by atoms with E-state index in [1.807, 2.05) is 126 Å². The number of benzene rings is 2. The van der Waals surface area contributed by atoms with Gasteiger partial charge < -0.3 is 40.9 Å². The van der Waals surface area contributed by atoms with Crippen LogP contribution < -0.4 is 21.3 Å². The van der Waals surface area contributed by atoms with E-state index in [9.17, 15) is 38.4 Å². The van der Waals surface area contributed by atoms with Crippen LogP contribution in [-0.4, -0.2) is 150 Å². The fraction of sp³-hybridized carbons (Fsp3) is 0.661. The van der Waals surface area contributed by atoms with Crippen LogP contribution in [0.25, 0.3) is 0 Å². The number of nitrogens with one attached hydrogen (secondary N) is 4. The van der Waals surface area contributed by atoms with Crippen LogP contribution in [0.15, 0.2) is 60.7 Å². The average Bonchev–Trinajstić information content (AvgIpc) is 4.05. The Hall–Kier alpha value is -5.64. The molecule has 0 unspecified atom stereocenters. The van der Waals surface area contributed by atoms with E-state index >= 15 is 0 Å². The third-order valence-corrected chi connectivity index (χ3v) is 15.0. The van der Waals surface area contributed by atoms with Crippen LogP contribution in [0.4, 0.5) is 0 Å². The quantitative estimate of drug-likeness (QED) is 0.0703. The molecule has 2 aliphatic heterocycles. The number of hydrogen-bond acceptors (Lipinski definition) is 9. The Morgan fingerprint density at radius 3 is 1.49 bits per heavy atom. The summed E-state index contributed by atoms with van der Waals surface area (Å²) in [5, 5.41) is 11.6. The van der Waals surface area contributed by atoms with Gasteiger partial charge in [0.15, 0.2) is 0 Å². The molecule has 4 rings (SSSR count). The highest BCUT2D eigenvalue weighted by Gasteiger charge is 2.42. The summed E-state index contributed by atoms with van der Waals surface area (Å²) in [4.78, 5) is 116. The minimum absolute atomic E-state index is 0. The van der Waals surface area contributed by atoms with E-state index in [0.717, 1.165) is 30.4 Å². The number of carbonyl (C=O) groups is 8. The number of rotatable bonds is 28. The van der Waals surface area contributed by atoms with Gasteiger partial charge in [0.05, 0.1) is 19.1 Å². The standard InChI is InChI=1S/C58H90N8O8.CH4/c1-11-41(2)54(72)62-53(58(7,8)9)56(74)66-33-21-27-46(66)40-64(35-31-44-24-16-13-17-25-44)52(71)38-61-50(69)29-19-18-28-49(68)60-37-51(70)63(34-30-43-22-14-12-15-23-43)39-45-26-20-32-65(45)55(73)47(57(4,5)6)36-48(67)42(3)59-10;/h12-17,22-25,41-42,45-47,53,59H,11,18-21,26-40H2,1-10H3,(H,60,68)(H,61,69)(H,62,72);1H4/t41-,42+,45+,46+,47-,53-;/m1./s1. The molecule has 2 fully saturated rings. The summed E-state index contributed by atoms with van der Waals surface area (Å²) >= 11 is 0. The Balaban J connectivity index is 0.0000148. The van der Waals surface area contributed by atoms with Crippen molar-refractivity contribution in [2.75, 3.05) is 59.4 Å². The predicted octanol–water partition coefficient (Wildman–Crippen LogP) is 6.35. The number of likely N-dealkylation sites (N-methyl/N-ethyl adjacent to an activating group) is 1. The van der Waals surface area contributed by atoms with Crippen LogP contribution >= 0.6 is 0 Å². The summed E-state index contributed by atoms with van der Waals surface area (Å²) < 4.78 is 0. The van der Waals surface area contributed by atoms with Gasteiger partial charge in [0.1, 0.15) is 11.8 Å². The molecule has 2 aliphatic rings. The average molecular weight is 1040 g/mol. The Bertz CT molecular complexity index is 2010. The van der Waals surface area contributed by atoms with E-state index in [1.165, 1.54) is 0 Å². The number of nitrogens with zero attached hydrogens (tertiary/aromatic N) is 4. The second kappa shape index (κ2) is 30.8. The summed E-state index contributed by atoms with van der Waals surface area (Å²) in [6.45, 7) is 19.4. The molecule has 7 amide bonds. The monoisotopic (exact) mass is 1040 g/mol. The second-order valence-corrected chi connectivity index (χ2v) is 22.8. The van der Waals surface area contributed by atoms with E-state index in [2.05, 4.69) is 21.3 Å². The van der Waals surface area contributed by atoms with Crippen LogP contribution in [-0.2, 0) is 51.2 Å². The molecule has 4 N–H and O–H groups in total. The molecule has 0 spiro atoms. The first-order chi connectivity index (χ1) is 35.0. The highest BCUT2D eigenvalue weighted by atomic mass is 16.2. The number of unbranched alkanes of at least 4 members (excludes halogenated alkanes) is 1. The molecule has 2 heterocycles. The molecule has 16 nitrogen and oxygen atoms in total. The number of Topliss-reactive ketones (excluding diaryl/α,β-unsaturated/α-hetero) is 1. The lowest BCUT2D eigenvalue weighted by Crippen LogP contribution is -2.58. The van der Waals surface area contributed by atoms with Crippen molar-refractivity contribution < 1.29 is 38.4 Å². The van der Waals surface area contributed by atoms with Crippen LogP contribution in [0.1, 0.15) is 145 Å². The second-order valence-electron chi connectivity index (χ2n) is 22.8. The zero-order chi connectivity index (χ0) is 54.6. The highest BCUT2D eigenvalue weighted by molar-refractivity contribution is 5.91. The van der Waals surface area contributed by atoms with Crippen molar-refractivity contribution in [3.8, 4) is 0 Å². The van der Waals surface area contributed by atoms with E-state index < -0.39 is 22.8 Å². The van der Waals surface area contributed by atoms with Gasteiger partial charge in [-0.2, -0.15) is 0 Å². The summed E-state index contributed by atoms with van der Waals surface area (Å²) in [5.41, 5.74) is 1.13. The predicted molar refractivity (Wildman–Crippen MR) is 296 cm³/mol. The molecule has 0 saturated carbocycles. The fourth-order valence-corrected chi connectivity index (χ4v) is 9.70. The van der Waals surface area contributed by atoms with Crippen LogP contribution in [0.3, 0.4) is 0 Å². The summed E-state index contributed by atoms with van der Waals surface area (Å²) in [6, 6.07) is 18.1. The molecule has 16 heteroatoms. The molecule has 2 saturated heterocycles. The zero-order valence-corrected chi connectivity index (χ0v) is 46.4. The molecule has 0 radical (unpaired) electrons. The molecule has 418 valence electrons. The SMILES string of the molecule is C.CC[C@@H](C)C(=O)N[C@H](C(=O)N1CCC[C@H]1CN(CCc1ccccc1)C(=O)CNC(=O)CCCCC(=O)NCC(=O)N(CCc1ccccc1)C[C@@H]1CCCN1C(=O)[C@@H](CC(=O)[C@H](C)NC)C(C)(C)C)C(C)(C)C. The van der Waals surface area contributed by atoms with Gasteiger partial charge in [0.25, 0.3) is 0 Å². The third-order valence-electron chi connectivity index (χ3n) is 15.0. The molecule has 0 aliphatic carbocycles. The Kier molecular flexibility index (Phi) is 26.1. The minimum atomic E-state index is -0.727. The van der Waals surface area contributed by atoms with Gasteiger partial charge in [-0.3, -0.25) is 38.4 Å². The van der Waals surface area contributed by atoms with Gasteiger partial charge in [0.2, 0.25) is 41.4 Å². The summed E-state index contributed by atoms with van der Waals surface area (Å²) in [7, 11) is 1.73. The maximum absolute atomic E-state index is 14.2. The molecule has 2 aromatic carbocycles. The van der Waals surface area contributed by atoms with Crippen molar-refractivity contribution in [2.24, 2.45) is 22.7 Å². The fourth-order valence-electron chi connectivity index (χ4n) is 9.70. The van der Waals surface area contributed by atoms with Gasteiger partial charge in [-0.1, -0.05) is 123 Å². The normalized spacial score (nSPS) is 17.2. The topological polar surface area (TPSA) is 198 Å². The first-order valence-electron chi connectivity index (χ1n) is 27.3. The van der Waals surface area contributed by atoms with Crippen molar-refractivity contribution in [3.05, 3.63) is 71.8 Å². The Labute approximate surface area is 449 Å². The van der Waals surface area contributed by atoms with Crippen LogP contribution in [0, 0.1) is 22.7 Å². The van der Waals surface area contributed by atoms with Crippen molar-refractivity contribution in [3.63, 3.8) is 0 Å². The van der Waals surface area contributed by atoms with E-state index in [-0.39, 0.29) is 111 Å². The number of likely N-dealkylation sites (tertiary alicyclic amines) is 2. The van der Waals surface area contributed by atoms with Gasteiger partial charge in [-0.05, 0) is 93.7 Å².